The Labute approximate surface area is 296 Å². The van der Waals surface area contributed by atoms with Crippen molar-refractivity contribution in [3.63, 3.8) is 0 Å². The molecule has 232 valence electrons. The van der Waals surface area contributed by atoms with Crippen molar-refractivity contribution in [3.05, 3.63) is 158 Å². The van der Waals surface area contributed by atoms with Gasteiger partial charge in [0.1, 0.15) is 11.2 Å². The number of aromatic nitrogens is 2. The number of furan rings is 1. The Kier molecular flexibility index (Phi) is 7.00. The summed E-state index contributed by atoms with van der Waals surface area (Å²) in [6, 6.07) is 52.5. The zero-order chi connectivity index (χ0) is 31.6. The van der Waals surface area contributed by atoms with Gasteiger partial charge in [-0.3, -0.25) is 0 Å². The second-order valence-corrected chi connectivity index (χ2v) is 12.0. The van der Waals surface area contributed by atoms with Crippen LogP contribution in [0.25, 0.3) is 88.6 Å². The molecule has 6 aromatic carbocycles. The SMILES string of the molecule is [Pt+2].[c-]1c(Oc2[c-]c(-c3nccc4c3oc3cc(-c5ccc6c(c5)-c5cccc7cccc-6c57)ccc34)ccc2)cccc1-c1ccccn1. The molecule has 0 fully saturated rings. The summed E-state index contributed by atoms with van der Waals surface area (Å²) in [5, 5.41) is 4.67. The number of fused-ring (bicyclic) bond motifs is 6. The largest absolute Gasteiger partial charge is 2.00 e. The second-order valence-electron chi connectivity index (χ2n) is 12.0. The van der Waals surface area contributed by atoms with E-state index in [-0.39, 0.29) is 21.1 Å². The van der Waals surface area contributed by atoms with E-state index in [0.717, 1.165) is 49.9 Å². The summed E-state index contributed by atoms with van der Waals surface area (Å²) in [6.07, 6.45) is 3.59. The molecule has 1 aliphatic carbocycles. The van der Waals surface area contributed by atoms with Gasteiger partial charge >= 0.3 is 21.1 Å². The molecule has 3 heterocycles. The Morgan fingerprint density at radius 2 is 1.27 bits per heavy atom. The molecule has 0 bridgehead atoms. The maximum absolute atomic E-state index is 6.58. The maximum Gasteiger partial charge on any atom is 2.00 e. The Morgan fingerprint density at radius 1 is 0.531 bits per heavy atom. The van der Waals surface area contributed by atoms with Crippen LogP contribution in [0.4, 0.5) is 0 Å². The Balaban J connectivity index is 0.00000325. The third-order valence-electron chi connectivity index (χ3n) is 9.18. The quantitative estimate of drug-likeness (QED) is 0.163. The minimum atomic E-state index is 0. The van der Waals surface area contributed by atoms with Crippen LogP contribution in [0, 0.1) is 12.1 Å². The fourth-order valence-electron chi connectivity index (χ4n) is 6.99. The smallest absolute Gasteiger partial charge is 0.497 e. The van der Waals surface area contributed by atoms with Crippen molar-refractivity contribution in [3.8, 4) is 67.4 Å². The van der Waals surface area contributed by atoms with Crippen molar-refractivity contribution in [1.29, 1.82) is 0 Å². The molecular formula is C44H24N2O2Pt. The number of hydrogen-bond donors (Lipinski definition) is 0. The fourth-order valence-corrected chi connectivity index (χ4v) is 6.99. The molecule has 0 N–H and O–H groups in total. The van der Waals surface area contributed by atoms with Gasteiger partial charge in [-0.2, -0.15) is 0 Å². The van der Waals surface area contributed by atoms with Crippen molar-refractivity contribution in [2.45, 2.75) is 0 Å². The Bertz CT molecular complexity index is 2710. The average molecular weight is 808 g/mol. The van der Waals surface area contributed by atoms with Crippen LogP contribution in [0.1, 0.15) is 0 Å². The molecule has 0 unspecified atom stereocenters. The normalized spacial score (nSPS) is 11.5. The zero-order valence-corrected chi connectivity index (χ0v) is 28.2. The number of pyridine rings is 2. The van der Waals surface area contributed by atoms with Crippen LogP contribution in [0.15, 0.2) is 150 Å². The number of nitrogens with zero attached hydrogens (tertiary/aromatic N) is 2. The van der Waals surface area contributed by atoms with Crippen molar-refractivity contribution in [2.24, 2.45) is 0 Å². The van der Waals surface area contributed by atoms with Gasteiger partial charge in [0.25, 0.3) is 0 Å². The van der Waals surface area contributed by atoms with Gasteiger partial charge in [0, 0.05) is 40.4 Å². The fraction of sp³-hybridized carbons (Fsp3) is 0. The number of hydrogen-bond acceptors (Lipinski definition) is 4. The molecule has 9 aromatic rings. The molecule has 5 heteroatoms. The first-order valence-corrected chi connectivity index (χ1v) is 15.9. The second kappa shape index (κ2) is 11.7. The van der Waals surface area contributed by atoms with Gasteiger partial charge in [-0.25, -0.2) is 0 Å². The number of ether oxygens (including phenoxy) is 1. The van der Waals surface area contributed by atoms with E-state index in [1.54, 1.807) is 6.20 Å². The molecule has 4 nitrogen and oxygen atoms in total. The van der Waals surface area contributed by atoms with Crippen LogP contribution < -0.4 is 4.74 Å². The minimum absolute atomic E-state index is 0. The zero-order valence-electron chi connectivity index (χ0n) is 25.9. The summed E-state index contributed by atoms with van der Waals surface area (Å²) in [4.78, 5) is 9.17. The van der Waals surface area contributed by atoms with Crippen LogP contribution >= 0.6 is 0 Å². The van der Waals surface area contributed by atoms with E-state index in [1.165, 1.54) is 33.0 Å². The van der Waals surface area contributed by atoms with Crippen molar-refractivity contribution in [2.75, 3.05) is 0 Å². The average Bonchev–Trinajstić information content (AvgIpc) is 3.68. The summed E-state index contributed by atoms with van der Waals surface area (Å²) < 4.78 is 12.8. The van der Waals surface area contributed by atoms with Crippen molar-refractivity contribution in [1.82, 2.24) is 9.97 Å². The summed E-state index contributed by atoms with van der Waals surface area (Å²) >= 11 is 0. The molecule has 0 spiro atoms. The van der Waals surface area contributed by atoms with Gasteiger partial charge in [0.15, 0.2) is 0 Å². The van der Waals surface area contributed by atoms with Gasteiger partial charge in [-0.05, 0) is 80.2 Å². The van der Waals surface area contributed by atoms with Gasteiger partial charge in [0.2, 0.25) is 0 Å². The topological polar surface area (TPSA) is 48.2 Å². The summed E-state index contributed by atoms with van der Waals surface area (Å²) in [7, 11) is 0. The molecule has 0 amide bonds. The van der Waals surface area contributed by atoms with Gasteiger partial charge in [0.05, 0.1) is 0 Å². The third kappa shape index (κ3) is 4.87. The van der Waals surface area contributed by atoms with Crippen LogP contribution in [0.5, 0.6) is 11.5 Å². The van der Waals surface area contributed by atoms with E-state index in [9.17, 15) is 0 Å². The summed E-state index contributed by atoms with van der Waals surface area (Å²) in [6.45, 7) is 0. The monoisotopic (exact) mass is 807 g/mol. The van der Waals surface area contributed by atoms with Crippen molar-refractivity contribution >= 4 is 32.7 Å². The predicted octanol–water partition coefficient (Wildman–Crippen LogP) is 11.6. The molecule has 0 saturated heterocycles. The summed E-state index contributed by atoms with van der Waals surface area (Å²) in [5.74, 6) is 1.15. The molecular weight excluding hydrogens is 784 g/mol. The number of rotatable bonds is 5. The van der Waals surface area contributed by atoms with Crippen LogP contribution in [-0.4, -0.2) is 9.97 Å². The Hall–Kier alpha value is -5.83. The van der Waals surface area contributed by atoms with E-state index in [1.807, 2.05) is 66.9 Å². The molecule has 49 heavy (non-hydrogen) atoms. The van der Waals surface area contributed by atoms with E-state index < -0.39 is 0 Å². The first-order valence-electron chi connectivity index (χ1n) is 15.9. The summed E-state index contributed by atoms with van der Waals surface area (Å²) in [5.41, 5.74) is 12.1. The maximum atomic E-state index is 6.58. The van der Waals surface area contributed by atoms with Gasteiger partial charge in [-0.1, -0.05) is 78.9 Å². The molecule has 0 aliphatic heterocycles. The third-order valence-corrected chi connectivity index (χ3v) is 9.18. The molecule has 0 saturated carbocycles. The van der Waals surface area contributed by atoms with Gasteiger partial charge < -0.3 is 19.1 Å². The number of benzene rings is 6. The standard InChI is InChI=1S/C44H24N2O2.Pt/c1-2-21-45-40(15-1)30-9-3-11-32(23-30)47-33-12-4-10-31(24-33)43-44-38(20-22-46-43)35-19-17-29(26-41(35)48-44)28-16-18-34-36-13-5-7-27-8-6-14-37(42(27)36)39(34)25-28;/h1-22,25-26H;/q-2;+2. The van der Waals surface area contributed by atoms with Crippen LogP contribution in [-0.2, 0) is 21.1 Å². The van der Waals surface area contributed by atoms with E-state index in [2.05, 4.69) is 89.9 Å². The molecule has 3 aromatic heterocycles. The molecule has 1 aliphatic rings. The van der Waals surface area contributed by atoms with Crippen LogP contribution in [0.3, 0.4) is 0 Å². The van der Waals surface area contributed by atoms with Crippen LogP contribution in [0.2, 0.25) is 0 Å². The van der Waals surface area contributed by atoms with E-state index >= 15 is 0 Å². The van der Waals surface area contributed by atoms with E-state index in [0.29, 0.717) is 17.2 Å². The predicted molar refractivity (Wildman–Crippen MR) is 192 cm³/mol. The first kappa shape index (κ1) is 29.3. The molecule has 0 atom stereocenters. The van der Waals surface area contributed by atoms with Crippen molar-refractivity contribution < 1.29 is 30.2 Å². The minimum Gasteiger partial charge on any atom is -0.497 e. The molecule has 10 rings (SSSR count). The first-order chi connectivity index (χ1) is 23.8. The molecule has 0 radical (unpaired) electrons. The van der Waals surface area contributed by atoms with E-state index in [4.69, 9.17) is 14.1 Å². The van der Waals surface area contributed by atoms with Gasteiger partial charge in [-0.15, -0.1) is 47.5 Å². The Morgan fingerprint density at radius 3 is 2.08 bits per heavy atom.